The first-order valence-electron chi connectivity index (χ1n) is 4.05. The summed E-state index contributed by atoms with van der Waals surface area (Å²) in [6.45, 7) is 0. The summed E-state index contributed by atoms with van der Waals surface area (Å²) in [4.78, 5) is 0.365. The number of hydrogen-bond acceptors (Lipinski definition) is 4. The predicted octanol–water partition coefficient (Wildman–Crippen LogP) is 1.74. The first kappa shape index (κ1) is 9.61. The Bertz CT molecular complexity index is 492. The molecule has 0 aromatic heterocycles. The van der Waals surface area contributed by atoms with Crippen LogP contribution in [0.2, 0.25) is 0 Å². The normalized spacial score (nSPS) is 16.6. The molecule has 3 nitrogen and oxygen atoms in total. The molecular formula is C9H9NO2S2. The van der Waals surface area contributed by atoms with Crippen LogP contribution >= 0.6 is 12.6 Å². The summed E-state index contributed by atoms with van der Waals surface area (Å²) >= 11 is 4.00. The molecule has 0 aliphatic carbocycles. The van der Waals surface area contributed by atoms with E-state index in [-0.39, 0.29) is 0 Å². The highest BCUT2D eigenvalue weighted by Crippen LogP contribution is 2.29. The van der Waals surface area contributed by atoms with Gasteiger partial charge in [0.1, 0.15) is 0 Å². The summed E-state index contributed by atoms with van der Waals surface area (Å²) < 4.78 is 23.0. The second-order valence-corrected chi connectivity index (χ2v) is 5.05. The third-order valence-corrected chi connectivity index (χ3v) is 3.65. The van der Waals surface area contributed by atoms with Crippen molar-refractivity contribution in [3.8, 4) is 0 Å². The molecule has 1 N–H and O–H groups in total. The van der Waals surface area contributed by atoms with Crippen LogP contribution in [-0.4, -0.2) is 14.3 Å². The molecule has 0 spiro atoms. The molecular weight excluding hydrogens is 218 g/mol. The maximum atomic E-state index is 11.5. The summed E-state index contributed by atoms with van der Waals surface area (Å²) in [5.74, 6) is 0.478. The first-order chi connectivity index (χ1) is 6.63. The lowest BCUT2D eigenvalue weighted by Gasteiger charge is -2.04. The summed E-state index contributed by atoms with van der Waals surface area (Å²) in [5, 5.41) is 4.17. The Labute approximate surface area is 88.2 Å². The molecule has 1 aromatic rings. The van der Waals surface area contributed by atoms with Gasteiger partial charge in [-0.25, -0.2) is 8.42 Å². The average Bonchev–Trinajstić information content (AvgIpc) is 2.44. The maximum Gasteiger partial charge on any atom is 0.200 e. The molecule has 2 rings (SSSR count). The van der Waals surface area contributed by atoms with Gasteiger partial charge in [-0.1, -0.05) is 6.07 Å². The molecule has 74 valence electrons. The van der Waals surface area contributed by atoms with Gasteiger partial charge in [0.2, 0.25) is 9.84 Å². The largest absolute Gasteiger partial charge is 0.376 e. The van der Waals surface area contributed by atoms with Crippen LogP contribution in [0.3, 0.4) is 0 Å². The van der Waals surface area contributed by atoms with Gasteiger partial charge in [-0.15, -0.1) is 0 Å². The van der Waals surface area contributed by atoms with E-state index in [1.165, 1.54) is 5.41 Å². The van der Waals surface area contributed by atoms with Gasteiger partial charge in [-0.05, 0) is 23.8 Å². The lowest BCUT2D eigenvalue weighted by molar-refractivity contribution is 0.605. The van der Waals surface area contributed by atoms with Crippen molar-refractivity contribution in [1.82, 2.24) is 0 Å². The zero-order chi connectivity index (χ0) is 10.2. The lowest BCUT2D eigenvalue weighted by Crippen LogP contribution is -1.98. The lowest BCUT2D eigenvalue weighted by atomic mass is 10.2. The fraction of sp³-hybridized carbons (Fsp3) is 0.111. The van der Waals surface area contributed by atoms with E-state index in [9.17, 15) is 8.42 Å². The van der Waals surface area contributed by atoms with E-state index in [1.54, 1.807) is 18.2 Å². The number of nitrogens with one attached hydrogen (secondary N) is 1. The van der Waals surface area contributed by atoms with Gasteiger partial charge in [-0.3, -0.25) is 0 Å². The molecule has 1 aliphatic heterocycles. The molecule has 5 heteroatoms. The Morgan fingerprint density at radius 2 is 2.14 bits per heavy atom. The Hall–Kier alpha value is -0.940. The van der Waals surface area contributed by atoms with Crippen molar-refractivity contribution in [2.45, 2.75) is 4.90 Å². The molecule has 1 aliphatic rings. The van der Waals surface area contributed by atoms with Crippen LogP contribution in [0.15, 0.2) is 28.5 Å². The highest BCUT2D eigenvalue weighted by molar-refractivity contribution is 7.94. The zero-order valence-corrected chi connectivity index (χ0v) is 8.98. The number of fused-ring (bicyclic) bond motifs is 1. The quantitative estimate of drug-likeness (QED) is 0.597. The van der Waals surface area contributed by atoms with Crippen LogP contribution in [0, 0.1) is 0 Å². The number of hydrogen-bond donors (Lipinski definition) is 2. The Morgan fingerprint density at radius 1 is 1.36 bits per heavy atom. The van der Waals surface area contributed by atoms with E-state index >= 15 is 0 Å². The molecule has 0 saturated carbocycles. The summed E-state index contributed by atoms with van der Waals surface area (Å²) in [6, 6.07) is 5.24. The number of thiol groups is 1. The van der Waals surface area contributed by atoms with Crippen LogP contribution in [0.5, 0.6) is 0 Å². The summed E-state index contributed by atoms with van der Waals surface area (Å²) in [7, 11) is -3.19. The van der Waals surface area contributed by atoms with Crippen molar-refractivity contribution < 1.29 is 8.42 Å². The maximum absolute atomic E-state index is 11.5. The number of sulfone groups is 1. The van der Waals surface area contributed by atoms with Gasteiger partial charge in [0.25, 0.3) is 0 Å². The highest BCUT2D eigenvalue weighted by atomic mass is 32.2. The molecule has 0 unspecified atom stereocenters. The molecule has 0 bridgehead atoms. The highest BCUT2D eigenvalue weighted by Gasteiger charge is 2.20. The monoisotopic (exact) mass is 227 g/mol. The molecule has 0 saturated heterocycles. The van der Waals surface area contributed by atoms with Gasteiger partial charge in [0.15, 0.2) is 0 Å². The van der Waals surface area contributed by atoms with Crippen molar-refractivity contribution >= 4 is 34.2 Å². The van der Waals surface area contributed by atoms with Crippen LogP contribution in [0.1, 0.15) is 5.56 Å². The smallest absolute Gasteiger partial charge is 0.200 e. The molecule has 1 heterocycles. The minimum absolute atomic E-state index is 0.365. The van der Waals surface area contributed by atoms with Crippen LogP contribution < -0.4 is 5.32 Å². The topological polar surface area (TPSA) is 46.2 Å². The standard InChI is InChI=1S/C9H9NO2S2/c11-14(12)4-3-7-1-2-8(10-6-13)5-9(7)14/h1-5,10,13H,6H2. The van der Waals surface area contributed by atoms with Gasteiger partial charge in [0.05, 0.1) is 10.8 Å². The molecule has 1 aromatic carbocycles. The second-order valence-electron chi connectivity index (χ2n) is 2.94. The SMILES string of the molecule is O=S1(=O)C=Cc2ccc(NCS)cc21. The van der Waals surface area contributed by atoms with Crippen LogP contribution in [-0.2, 0) is 9.84 Å². The third kappa shape index (κ3) is 1.53. The fourth-order valence-corrected chi connectivity index (χ4v) is 2.77. The summed E-state index contributed by atoms with van der Waals surface area (Å²) in [5.41, 5.74) is 1.51. The third-order valence-electron chi connectivity index (χ3n) is 2.03. The molecule has 0 radical (unpaired) electrons. The van der Waals surface area contributed by atoms with Crippen molar-refractivity contribution in [2.24, 2.45) is 0 Å². The number of anilines is 1. The predicted molar refractivity (Wildman–Crippen MR) is 60.1 cm³/mol. The minimum Gasteiger partial charge on any atom is -0.376 e. The second kappa shape index (κ2) is 3.33. The minimum atomic E-state index is -3.19. The van der Waals surface area contributed by atoms with Gasteiger partial charge in [-0.2, -0.15) is 12.6 Å². The van der Waals surface area contributed by atoms with Gasteiger partial charge in [0, 0.05) is 11.1 Å². The van der Waals surface area contributed by atoms with Gasteiger partial charge >= 0.3 is 0 Å². The zero-order valence-electron chi connectivity index (χ0n) is 7.27. The number of rotatable bonds is 2. The van der Waals surface area contributed by atoms with Crippen LogP contribution in [0.25, 0.3) is 6.08 Å². The Balaban J connectivity index is 2.52. The molecule has 0 fully saturated rings. The fourth-order valence-electron chi connectivity index (χ4n) is 1.36. The van der Waals surface area contributed by atoms with Crippen molar-refractivity contribution in [1.29, 1.82) is 0 Å². The molecule has 0 amide bonds. The van der Waals surface area contributed by atoms with Crippen molar-refractivity contribution in [3.63, 3.8) is 0 Å². The molecule has 14 heavy (non-hydrogen) atoms. The van der Waals surface area contributed by atoms with E-state index in [4.69, 9.17) is 0 Å². The van der Waals surface area contributed by atoms with E-state index in [0.717, 1.165) is 11.3 Å². The number of benzene rings is 1. The average molecular weight is 227 g/mol. The van der Waals surface area contributed by atoms with E-state index in [2.05, 4.69) is 17.9 Å². The van der Waals surface area contributed by atoms with E-state index < -0.39 is 9.84 Å². The van der Waals surface area contributed by atoms with E-state index in [1.807, 2.05) is 6.07 Å². The Morgan fingerprint density at radius 3 is 2.86 bits per heavy atom. The first-order valence-corrected chi connectivity index (χ1v) is 6.23. The van der Waals surface area contributed by atoms with Crippen LogP contribution in [0.4, 0.5) is 5.69 Å². The Kier molecular flexibility index (Phi) is 2.28. The molecule has 0 atom stereocenters. The van der Waals surface area contributed by atoms with Gasteiger partial charge < -0.3 is 5.32 Å². The van der Waals surface area contributed by atoms with E-state index in [0.29, 0.717) is 10.8 Å². The van der Waals surface area contributed by atoms with Crippen molar-refractivity contribution in [3.05, 3.63) is 29.2 Å². The van der Waals surface area contributed by atoms with Crippen molar-refractivity contribution in [2.75, 3.05) is 11.2 Å². The summed E-state index contributed by atoms with van der Waals surface area (Å²) in [6.07, 6.45) is 1.61.